The van der Waals surface area contributed by atoms with Crippen molar-refractivity contribution >= 4 is 35.4 Å². The van der Waals surface area contributed by atoms with Gasteiger partial charge in [0, 0.05) is 43.4 Å². The topological polar surface area (TPSA) is 153 Å². The average Bonchev–Trinajstić information content (AvgIpc) is 3.09. The van der Waals surface area contributed by atoms with E-state index in [0.29, 0.717) is 32.1 Å². The Morgan fingerprint density at radius 2 is 1.48 bits per heavy atom. The van der Waals surface area contributed by atoms with Crippen LogP contribution in [0.25, 0.3) is 4.85 Å². The molecule has 0 bridgehead atoms. The van der Waals surface area contributed by atoms with Gasteiger partial charge in [0.2, 0.25) is 18.1 Å². The summed E-state index contributed by atoms with van der Waals surface area (Å²) < 4.78 is 29.2. The predicted molar refractivity (Wildman–Crippen MR) is 202 cm³/mol. The van der Waals surface area contributed by atoms with E-state index in [9.17, 15) is 19.2 Å². The smallest absolute Gasteiger partial charge is 0.314 e. The summed E-state index contributed by atoms with van der Waals surface area (Å²) in [5.74, 6) is -4.27. The molecule has 12 atom stereocenters. The minimum absolute atomic E-state index is 0.0502. The molecular weight excluding hydrogens is 718 g/mol. The normalized spacial score (nSPS) is 42.1. The number of hydrogen-bond donors (Lipinski definition) is 0. The second-order valence-electron chi connectivity index (χ2n) is 19.6. The number of esters is 4. The molecule has 0 aromatic rings. The van der Waals surface area contributed by atoms with Crippen molar-refractivity contribution in [2.45, 2.75) is 146 Å². The Morgan fingerprint density at radius 1 is 0.857 bits per heavy atom. The Morgan fingerprint density at radius 3 is 2.09 bits per heavy atom. The molecule has 56 heavy (non-hydrogen) atoms. The molecule has 12 nitrogen and oxygen atoms in total. The summed E-state index contributed by atoms with van der Waals surface area (Å²) in [5.41, 5.74) is -2.67. The van der Waals surface area contributed by atoms with Gasteiger partial charge in [-0.25, -0.2) is 4.85 Å². The number of carbonyl (C=O) groups excluding carboxylic acids is 6. The van der Waals surface area contributed by atoms with E-state index in [1.165, 1.54) is 20.8 Å². The van der Waals surface area contributed by atoms with Gasteiger partial charge in [0.25, 0.3) is 0 Å². The third-order valence-electron chi connectivity index (χ3n) is 15.5. The first-order chi connectivity index (χ1) is 25.9. The van der Waals surface area contributed by atoms with E-state index in [2.05, 4.69) is 39.5 Å². The molecule has 3 unspecified atom stereocenters. The summed E-state index contributed by atoms with van der Waals surface area (Å²) in [6, 6.07) is 0. The van der Waals surface area contributed by atoms with Crippen molar-refractivity contribution in [3.05, 3.63) is 34.8 Å². The average molecular weight is 778 g/mol. The molecule has 6 rings (SSSR count). The van der Waals surface area contributed by atoms with E-state index in [1.807, 2.05) is 19.9 Å². The Bertz CT molecular complexity index is 1840. The molecule has 0 aromatic heterocycles. The molecule has 1 aliphatic heterocycles. The van der Waals surface area contributed by atoms with E-state index in [-0.39, 0.29) is 35.2 Å². The van der Waals surface area contributed by atoms with Gasteiger partial charge in [0.15, 0.2) is 11.6 Å². The molecule has 0 amide bonds. The van der Waals surface area contributed by atoms with E-state index < -0.39 is 93.3 Å². The van der Waals surface area contributed by atoms with Crippen LogP contribution in [0.15, 0.2) is 23.4 Å². The van der Waals surface area contributed by atoms with Gasteiger partial charge < -0.3 is 28.5 Å². The molecule has 1 saturated heterocycles. The molecule has 0 N–H and O–H groups in total. The van der Waals surface area contributed by atoms with Gasteiger partial charge in [0.05, 0.1) is 12.0 Å². The highest BCUT2D eigenvalue weighted by Crippen LogP contribution is 2.74. The first-order valence-corrected chi connectivity index (χ1v) is 20.1. The summed E-state index contributed by atoms with van der Waals surface area (Å²) in [6.45, 7) is 27.8. The molecule has 6 aliphatic rings. The van der Waals surface area contributed by atoms with Crippen LogP contribution in [0.2, 0.25) is 0 Å². The van der Waals surface area contributed by atoms with Crippen molar-refractivity contribution in [1.82, 2.24) is 0 Å². The quantitative estimate of drug-likeness (QED) is 0.157. The maximum atomic E-state index is 15.1. The monoisotopic (exact) mass is 777 g/mol. The highest BCUT2D eigenvalue weighted by Gasteiger charge is 2.71. The number of ketones is 2. The number of hydrogen-bond acceptors (Lipinski definition) is 11. The fraction of sp³-hybridized carbons (Fsp3) is 0.750. The van der Waals surface area contributed by atoms with Crippen molar-refractivity contribution in [2.75, 3.05) is 6.61 Å². The number of fused-ring (bicyclic) bond motifs is 7. The lowest BCUT2D eigenvalue weighted by molar-refractivity contribution is -0.293. The van der Waals surface area contributed by atoms with Crippen LogP contribution < -0.4 is 0 Å². The number of ether oxygens (including phenoxy) is 5. The lowest BCUT2D eigenvalue weighted by atomic mass is 9.34. The van der Waals surface area contributed by atoms with E-state index >= 15 is 9.59 Å². The van der Waals surface area contributed by atoms with Gasteiger partial charge in [-0.05, 0) is 79.1 Å². The third-order valence-corrected chi connectivity index (χ3v) is 15.5. The lowest BCUT2D eigenvalue weighted by Crippen LogP contribution is -2.66. The van der Waals surface area contributed by atoms with Crippen LogP contribution >= 0.6 is 0 Å². The number of carbonyl (C=O) groups is 6. The van der Waals surface area contributed by atoms with E-state index in [1.54, 1.807) is 13.0 Å². The van der Waals surface area contributed by atoms with E-state index in [0.717, 1.165) is 18.4 Å². The number of Topliss-reactive ketones (excluding diaryl/α,β-unsaturated/α-hetero) is 1. The second-order valence-corrected chi connectivity index (χ2v) is 19.6. The molecule has 0 aromatic carbocycles. The SMILES string of the molecule is [C-]#[N+]C1=C[C@]2(C)C3=CC(=O)C4C5CC(C)(C)CC[C@]5(C(=O)OC5O[C@H](COC(C)=O)[C@H](C)[C@H](OC(C)=O)[C@H]5OC(C)=O)CC[C@@]4(C)[C@]3(C)CC[C@H]2C(C)(C)C1=O. The Kier molecular flexibility index (Phi) is 10.4. The summed E-state index contributed by atoms with van der Waals surface area (Å²) >= 11 is 0. The number of allylic oxidation sites excluding steroid dienone is 4. The molecule has 0 spiro atoms. The van der Waals surface area contributed by atoms with E-state index in [4.69, 9.17) is 30.3 Å². The van der Waals surface area contributed by atoms with Crippen molar-refractivity contribution in [1.29, 1.82) is 0 Å². The van der Waals surface area contributed by atoms with Crippen LogP contribution in [0.3, 0.4) is 0 Å². The fourth-order valence-electron chi connectivity index (χ4n) is 12.4. The van der Waals surface area contributed by atoms with Gasteiger partial charge in [-0.15, -0.1) is 0 Å². The maximum absolute atomic E-state index is 15.1. The van der Waals surface area contributed by atoms with Crippen molar-refractivity contribution in [2.24, 2.45) is 56.2 Å². The van der Waals surface area contributed by atoms with Gasteiger partial charge in [-0.3, -0.25) is 24.0 Å². The number of nitrogens with zero attached hydrogens (tertiary/aromatic N) is 1. The zero-order chi connectivity index (χ0) is 41.6. The molecule has 306 valence electrons. The zero-order valence-corrected chi connectivity index (χ0v) is 34.9. The first kappa shape index (κ1) is 41.8. The predicted octanol–water partition coefficient (Wildman–Crippen LogP) is 6.89. The van der Waals surface area contributed by atoms with Crippen molar-refractivity contribution in [3.8, 4) is 0 Å². The molecule has 5 aliphatic carbocycles. The highest BCUT2D eigenvalue weighted by atomic mass is 16.7. The third kappa shape index (κ3) is 6.35. The van der Waals surface area contributed by atoms with Gasteiger partial charge in [-0.2, -0.15) is 0 Å². The summed E-state index contributed by atoms with van der Waals surface area (Å²) in [4.78, 5) is 83.8. The maximum Gasteiger partial charge on any atom is 0.314 e. The molecule has 1 heterocycles. The Balaban J connectivity index is 1.41. The summed E-state index contributed by atoms with van der Waals surface area (Å²) in [5, 5.41) is 0. The van der Waals surface area contributed by atoms with Crippen LogP contribution in [0, 0.1) is 62.7 Å². The van der Waals surface area contributed by atoms with Crippen LogP contribution in [0.4, 0.5) is 0 Å². The van der Waals surface area contributed by atoms with Crippen LogP contribution in [-0.4, -0.2) is 66.7 Å². The Labute approximate surface area is 330 Å². The lowest BCUT2D eigenvalue weighted by Gasteiger charge is -2.69. The molecule has 4 fully saturated rings. The van der Waals surface area contributed by atoms with Gasteiger partial charge >= 0.3 is 23.9 Å². The highest BCUT2D eigenvalue weighted by molar-refractivity contribution is 6.03. The molecular formula is C44H59NO11. The largest absolute Gasteiger partial charge is 0.463 e. The first-order valence-electron chi connectivity index (χ1n) is 20.1. The summed E-state index contributed by atoms with van der Waals surface area (Å²) in [6.07, 6.45) is 3.16. The molecule has 0 radical (unpaired) electrons. The standard InChI is InChI=1S/C44H59NO11/c1-23-30(22-52-24(2)46)55-37(35(54-26(4)48)34(23)53-25(3)47)56-38(51)44-17-15-39(5,6)20-27(44)33-29(49)19-32-41(9)21-28(45-12)36(50)40(7,8)31(41)13-14-42(32,10)43(33,11)16-18-44/h19,21,23,27,30-31,33-35,37H,13-18,20,22H2,1-11H3/t23-,27?,30+,31-,33?,34-,35+,37?,41-,42+,43+,44-/m0/s1. The van der Waals surface area contributed by atoms with Crippen molar-refractivity contribution < 1.29 is 52.5 Å². The second kappa shape index (κ2) is 13.9. The minimum atomic E-state index is -1.49. The Hall–Kier alpha value is -3.85. The fourth-order valence-corrected chi connectivity index (χ4v) is 12.4. The van der Waals surface area contributed by atoms with Gasteiger partial charge in [-0.1, -0.05) is 67.0 Å². The zero-order valence-electron chi connectivity index (χ0n) is 34.9. The van der Waals surface area contributed by atoms with Crippen LogP contribution in [0.5, 0.6) is 0 Å². The summed E-state index contributed by atoms with van der Waals surface area (Å²) in [7, 11) is 0. The number of rotatable bonds is 6. The minimum Gasteiger partial charge on any atom is -0.463 e. The van der Waals surface area contributed by atoms with Gasteiger partial charge in [0.1, 0.15) is 18.8 Å². The van der Waals surface area contributed by atoms with Crippen molar-refractivity contribution in [3.63, 3.8) is 0 Å². The molecule has 3 saturated carbocycles. The molecule has 12 heteroatoms. The van der Waals surface area contributed by atoms with Crippen LogP contribution in [0.1, 0.15) is 121 Å². The van der Waals surface area contributed by atoms with Crippen LogP contribution in [-0.2, 0) is 52.5 Å².